The largest absolute Gasteiger partial charge is 0.497 e. The van der Waals surface area contributed by atoms with Crippen molar-refractivity contribution in [2.75, 3.05) is 19.1 Å². The number of carboxylic acids is 2. The summed E-state index contributed by atoms with van der Waals surface area (Å²) in [4.78, 5) is 50.8. The van der Waals surface area contributed by atoms with Gasteiger partial charge in [-0.05, 0) is 24.3 Å². The zero-order valence-electron chi connectivity index (χ0n) is 17.1. The van der Waals surface area contributed by atoms with Gasteiger partial charge in [-0.1, -0.05) is 12.1 Å². The summed E-state index contributed by atoms with van der Waals surface area (Å²) in [6.07, 6.45) is 0. The van der Waals surface area contributed by atoms with Crippen LogP contribution in [-0.2, 0) is 14.4 Å². The smallest absolute Gasteiger partial charge is 0.335 e. The molecule has 0 aliphatic carbocycles. The van der Waals surface area contributed by atoms with Crippen molar-refractivity contribution < 1.29 is 38.9 Å². The van der Waals surface area contributed by atoms with Crippen LogP contribution >= 0.6 is 0 Å². The van der Waals surface area contributed by atoms with Gasteiger partial charge in [0.05, 0.1) is 37.3 Å². The van der Waals surface area contributed by atoms with Gasteiger partial charge in [0.15, 0.2) is 0 Å². The highest BCUT2D eigenvalue weighted by atomic mass is 16.5. The standard InChI is InChI=1S/C22H20N2O8/c1-31-12-6-7-13(14(9-12)32-2)17-15-16(18(23-17)22(29)30)20(26)24(19(15)25)11-5-3-4-10(8-11)21(27)28/h3-9,15-18,23H,1-2H3,(H,27,28)(H,29,30)/t15-,16+,17-,18-/m0/s1. The highest BCUT2D eigenvalue weighted by Crippen LogP contribution is 2.47. The molecule has 2 saturated heterocycles. The number of imide groups is 1. The lowest BCUT2D eigenvalue weighted by atomic mass is 9.86. The van der Waals surface area contributed by atoms with E-state index in [0.29, 0.717) is 17.1 Å². The molecule has 32 heavy (non-hydrogen) atoms. The van der Waals surface area contributed by atoms with Gasteiger partial charge in [0, 0.05) is 17.7 Å². The molecule has 3 N–H and O–H groups in total. The minimum atomic E-state index is -1.30. The van der Waals surface area contributed by atoms with E-state index in [0.717, 1.165) is 4.90 Å². The van der Waals surface area contributed by atoms with Gasteiger partial charge in [-0.25, -0.2) is 9.69 Å². The van der Waals surface area contributed by atoms with Crippen molar-refractivity contribution in [1.82, 2.24) is 5.32 Å². The second kappa shape index (κ2) is 7.97. The van der Waals surface area contributed by atoms with Crippen molar-refractivity contribution in [3.63, 3.8) is 0 Å². The van der Waals surface area contributed by atoms with Crippen LogP contribution in [0.4, 0.5) is 5.69 Å². The fourth-order valence-electron chi connectivity index (χ4n) is 4.43. The maximum atomic E-state index is 13.4. The maximum absolute atomic E-state index is 13.4. The van der Waals surface area contributed by atoms with Gasteiger partial charge in [0.2, 0.25) is 11.8 Å². The molecule has 2 fully saturated rings. The topological polar surface area (TPSA) is 142 Å². The van der Waals surface area contributed by atoms with Crippen molar-refractivity contribution in [1.29, 1.82) is 0 Å². The molecule has 2 aliphatic rings. The first-order valence-corrected chi connectivity index (χ1v) is 9.70. The summed E-state index contributed by atoms with van der Waals surface area (Å²) in [7, 11) is 2.92. The molecule has 2 aromatic carbocycles. The van der Waals surface area contributed by atoms with Crippen molar-refractivity contribution in [2.24, 2.45) is 11.8 Å². The Balaban J connectivity index is 1.79. The molecule has 4 atom stereocenters. The zero-order chi connectivity index (χ0) is 23.2. The molecule has 10 nitrogen and oxygen atoms in total. The number of carbonyl (C=O) groups is 4. The van der Waals surface area contributed by atoms with Crippen LogP contribution in [0.1, 0.15) is 22.0 Å². The number of nitrogens with zero attached hydrogens (tertiary/aromatic N) is 1. The summed E-state index contributed by atoms with van der Waals surface area (Å²) >= 11 is 0. The Bertz CT molecular complexity index is 1130. The average Bonchev–Trinajstić information content (AvgIpc) is 3.30. The van der Waals surface area contributed by atoms with Crippen molar-refractivity contribution in [3.05, 3.63) is 53.6 Å². The van der Waals surface area contributed by atoms with E-state index in [1.54, 1.807) is 18.2 Å². The van der Waals surface area contributed by atoms with Gasteiger partial charge in [-0.2, -0.15) is 0 Å². The molecule has 2 aliphatic heterocycles. The normalized spacial score (nSPS) is 24.4. The Morgan fingerprint density at radius 3 is 2.31 bits per heavy atom. The van der Waals surface area contributed by atoms with Crippen LogP contribution in [-0.4, -0.2) is 54.2 Å². The molecule has 4 rings (SSSR count). The van der Waals surface area contributed by atoms with Crippen molar-refractivity contribution in [2.45, 2.75) is 12.1 Å². The summed E-state index contributed by atoms with van der Waals surface area (Å²) in [6.45, 7) is 0. The number of nitrogens with one attached hydrogen (secondary N) is 1. The SMILES string of the molecule is COc1ccc([C@@H]2N[C@H](C(=O)O)[C@@H]3C(=O)N(c4cccc(C(=O)O)c4)C(=O)[C@@H]32)c(OC)c1. The fourth-order valence-corrected chi connectivity index (χ4v) is 4.43. The third-order valence-corrected chi connectivity index (χ3v) is 5.87. The van der Waals surface area contributed by atoms with Gasteiger partial charge in [-0.15, -0.1) is 0 Å². The molecule has 0 radical (unpaired) electrons. The van der Waals surface area contributed by atoms with Gasteiger partial charge < -0.3 is 19.7 Å². The number of ether oxygens (including phenoxy) is 2. The Morgan fingerprint density at radius 2 is 1.69 bits per heavy atom. The van der Waals surface area contributed by atoms with E-state index >= 15 is 0 Å². The molecule has 0 aromatic heterocycles. The van der Waals surface area contributed by atoms with Gasteiger partial charge >= 0.3 is 11.9 Å². The summed E-state index contributed by atoms with van der Waals surface area (Å²) in [5, 5.41) is 21.9. The summed E-state index contributed by atoms with van der Waals surface area (Å²) in [5.41, 5.74) is 0.495. The summed E-state index contributed by atoms with van der Waals surface area (Å²) in [6, 6.07) is 8.21. The first kappa shape index (κ1) is 21.3. The Labute approximate surface area is 182 Å². The van der Waals surface area contributed by atoms with E-state index in [-0.39, 0.29) is 11.3 Å². The predicted molar refractivity (Wildman–Crippen MR) is 110 cm³/mol. The molecule has 0 spiro atoms. The zero-order valence-corrected chi connectivity index (χ0v) is 17.1. The van der Waals surface area contributed by atoms with Crippen LogP contribution in [0.3, 0.4) is 0 Å². The van der Waals surface area contributed by atoms with Gasteiger partial charge in [0.25, 0.3) is 0 Å². The second-order valence-electron chi connectivity index (χ2n) is 7.49. The molecule has 10 heteroatoms. The minimum Gasteiger partial charge on any atom is -0.497 e. The van der Waals surface area contributed by atoms with Crippen LogP contribution < -0.4 is 19.7 Å². The van der Waals surface area contributed by atoms with Gasteiger partial charge in [-0.3, -0.25) is 19.7 Å². The lowest BCUT2D eigenvalue weighted by molar-refractivity contribution is -0.142. The highest BCUT2D eigenvalue weighted by molar-refractivity contribution is 6.24. The van der Waals surface area contributed by atoms with Gasteiger partial charge in [0.1, 0.15) is 17.5 Å². The molecular formula is C22H20N2O8. The Hall–Kier alpha value is -3.92. The quantitative estimate of drug-likeness (QED) is 0.567. The summed E-state index contributed by atoms with van der Waals surface area (Å²) < 4.78 is 10.6. The molecule has 2 aromatic rings. The molecule has 0 unspecified atom stereocenters. The number of hydrogen-bond acceptors (Lipinski definition) is 7. The molecule has 166 valence electrons. The monoisotopic (exact) mass is 440 g/mol. The van der Waals surface area contributed by atoms with Crippen LogP contribution in [0.25, 0.3) is 0 Å². The number of aliphatic carboxylic acids is 1. The first-order chi connectivity index (χ1) is 15.3. The van der Waals surface area contributed by atoms with Crippen LogP contribution in [0, 0.1) is 11.8 Å². The van der Waals surface area contributed by atoms with Crippen molar-refractivity contribution >= 4 is 29.4 Å². The van der Waals surface area contributed by atoms with Crippen LogP contribution in [0.15, 0.2) is 42.5 Å². The highest BCUT2D eigenvalue weighted by Gasteiger charge is 2.61. The molecular weight excluding hydrogens is 420 g/mol. The minimum absolute atomic E-state index is 0.0823. The summed E-state index contributed by atoms with van der Waals surface area (Å²) in [5.74, 6) is -5.08. The second-order valence-corrected chi connectivity index (χ2v) is 7.49. The van der Waals surface area contributed by atoms with Crippen molar-refractivity contribution in [3.8, 4) is 11.5 Å². The van der Waals surface area contributed by atoms with Crippen LogP contribution in [0.5, 0.6) is 11.5 Å². The molecule has 2 amide bonds. The number of methoxy groups -OCH3 is 2. The average molecular weight is 440 g/mol. The number of hydrogen-bond donors (Lipinski definition) is 3. The number of amides is 2. The number of carboxylic acid groups (broad SMARTS) is 2. The number of fused-ring (bicyclic) bond motifs is 1. The third kappa shape index (κ3) is 3.25. The Morgan fingerprint density at radius 1 is 0.969 bits per heavy atom. The predicted octanol–water partition coefficient (Wildman–Crippen LogP) is 1.31. The first-order valence-electron chi connectivity index (χ1n) is 9.70. The van der Waals surface area contributed by atoms with E-state index in [1.807, 2.05) is 0 Å². The maximum Gasteiger partial charge on any atom is 0.335 e. The van der Waals surface area contributed by atoms with Crippen LogP contribution in [0.2, 0.25) is 0 Å². The number of anilines is 1. The number of benzene rings is 2. The van der Waals surface area contributed by atoms with E-state index in [2.05, 4.69) is 5.32 Å². The fraction of sp³-hybridized carbons (Fsp3) is 0.273. The molecule has 0 saturated carbocycles. The number of carbonyl (C=O) groups excluding carboxylic acids is 2. The van der Waals surface area contributed by atoms with E-state index in [4.69, 9.17) is 9.47 Å². The number of rotatable bonds is 6. The lowest BCUT2D eigenvalue weighted by Crippen LogP contribution is -2.43. The molecule has 0 bridgehead atoms. The third-order valence-electron chi connectivity index (χ3n) is 5.87. The number of aromatic carboxylic acids is 1. The lowest BCUT2D eigenvalue weighted by Gasteiger charge is -2.23. The van der Waals surface area contributed by atoms with E-state index in [9.17, 15) is 29.4 Å². The molecule has 2 heterocycles. The Kier molecular flexibility index (Phi) is 5.31. The van der Waals surface area contributed by atoms with E-state index < -0.39 is 47.7 Å². The van der Waals surface area contributed by atoms with E-state index in [1.165, 1.54) is 38.5 Å².